The van der Waals surface area contributed by atoms with E-state index in [2.05, 4.69) is 19.8 Å². The molecule has 2 aromatic rings. The molecule has 2 fully saturated rings. The molecule has 2 aliphatic heterocycles. The fraction of sp³-hybridized carbons (Fsp3) is 0.545. The smallest absolute Gasteiger partial charge is 0.339 e. The summed E-state index contributed by atoms with van der Waals surface area (Å²) in [6.45, 7) is 4.45. The molecule has 0 unspecified atom stereocenters. The Kier molecular flexibility index (Phi) is 7.99. The molecule has 0 spiro atoms. The second-order valence-corrected chi connectivity index (χ2v) is 10.7. The van der Waals surface area contributed by atoms with E-state index in [1.807, 2.05) is 14.1 Å². The van der Waals surface area contributed by atoms with Gasteiger partial charge in [0.25, 0.3) is 0 Å². The van der Waals surface area contributed by atoms with Crippen LogP contribution in [0.2, 0.25) is 0 Å². The third kappa shape index (κ3) is 6.32. The number of nitrogens with zero attached hydrogens (tertiary/aromatic N) is 6. The van der Waals surface area contributed by atoms with Crippen LogP contribution in [-0.2, 0) is 15.8 Å². The van der Waals surface area contributed by atoms with Crippen LogP contribution in [-0.4, -0.2) is 113 Å². The van der Waals surface area contributed by atoms with Gasteiger partial charge in [-0.15, -0.1) is 11.3 Å². The SMILES string of the molecule is CN1CCN(C(=O)C(Sc2nc(-c3cccs3)cc(C(F)(F)F)n2)C(=O)N2CCN(C)CC2)CC1. The van der Waals surface area contributed by atoms with Gasteiger partial charge in [0.2, 0.25) is 11.8 Å². The van der Waals surface area contributed by atoms with Crippen LogP contribution in [0.3, 0.4) is 0 Å². The van der Waals surface area contributed by atoms with Gasteiger partial charge in [0.05, 0.1) is 10.6 Å². The number of halogens is 3. The molecule has 35 heavy (non-hydrogen) atoms. The zero-order valence-electron chi connectivity index (χ0n) is 19.5. The highest BCUT2D eigenvalue weighted by molar-refractivity contribution is 8.01. The number of piperazine rings is 2. The first kappa shape index (κ1) is 25.9. The van der Waals surface area contributed by atoms with Gasteiger partial charge < -0.3 is 19.6 Å². The molecule has 4 rings (SSSR count). The lowest BCUT2D eigenvalue weighted by molar-refractivity contribution is -0.142. The Morgan fingerprint density at radius 3 is 1.94 bits per heavy atom. The van der Waals surface area contributed by atoms with Crippen LogP contribution in [0, 0.1) is 0 Å². The molecule has 2 saturated heterocycles. The first-order chi connectivity index (χ1) is 16.6. The number of thiophene rings is 1. The average Bonchev–Trinajstić information content (AvgIpc) is 3.37. The topological polar surface area (TPSA) is 72.9 Å². The Bertz CT molecular complexity index is 1000. The quantitative estimate of drug-likeness (QED) is 0.335. The largest absolute Gasteiger partial charge is 0.433 e. The Hall–Kier alpha value is -2.22. The monoisotopic (exact) mass is 528 g/mol. The summed E-state index contributed by atoms with van der Waals surface area (Å²) in [7, 11) is 3.90. The lowest BCUT2D eigenvalue weighted by atomic mass is 10.2. The van der Waals surface area contributed by atoms with Crippen molar-refractivity contribution in [2.45, 2.75) is 16.6 Å². The summed E-state index contributed by atoms with van der Waals surface area (Å²) < 4.78 is 40.9. The third-order valence-electron chi connectivity index (χ3n) is 6.07. The molecule has 0 N–H and O–H groups in total. The van der Waals surface area contributed by atoms with Crippen molar-refractivity contribution in [2.75, 3.05) is 66.5 Å². The van der Waals surface area contributed by atoms with Crippen molar-refractivity contribution in [3.05, 3.63) is 29.3 Å². The number of alkyl halides is 3. The second-order valence-electron chi connectivity index (χ2n) is 8.65. The summed E-state index contributed by atoms with van der Waals surface area (Å²) >= 11 is 1.96. The van der Waals surface area contributed by atoms with Gasteiger partial charge in [-0.1, -0.05) is 17.8 Å². The molecular weight excluding hydrogens is 501 g/mol. The van der Waals surface area contributed by atoms with Gasteiger partial charge in [-0.05, 0) is 31.6 Å². The summed E-state index contributed by atoms with van der Waals surface area (Å²) in [4.78, 5) is 43.0. The van der Waals surface area contributed by atoms with E-state index in [0.29, 0.717) is 69.0 Å². The van der Waals surface area contributed by atoms with Crippen molar-refractivity contribution < 1.29 is 22.8 Å². The van der Waals surface area contributed by atoms with Gasteiger partial charge in [0.15, 0.2) is 10.4 Å². The van der Waals surface area contributed by atoms with Crippen LogP contribution >= 0.6 is 23.1 Å². The summed E-state index contributed by atoms with van der Waals surface area (Å²) in [5.74, 6) is -0.823. The standard InChI is InChI=1S/C22H27F3N6O2S2/c1-28-5-9-30(10-6-28)19(32)18(20(33)31-11-7-29(2)8-12-31)35-21-26-15(16-4-3-13-34-16)14-17(27-21)22(23,24)25/h3-4,13-14,18H,5-12H2,1-2H3. The van der Waals surface area contributed by atoms with Crippen LogP contribution in [0.5, 0.6) is 0 Å². The zero-order chi connectivity index (χ0) is 25.2. The summed E-state index contributed by atoms with van der Waals surface area (Å²) in [6, 6.07) is 4.29. The summed E-state index contributed by atoms with van der Waals surface area (Å²) in [5, 5.41) is 0.258. The van der Waals surface area contributed by atoms with Crippen LogP contribution in [0.1, 0.15) is 5.69 Å². The number of aromatic nitrogens is 2. The molecule has 0 aromatic carbocycles. The van der Waals surface area contributed by atoms with E-state index >= 15 is 0 Å². The van der Waals surface area contributed by atoms with Crippen LogP contribution in [0.25, 0.3) is 10.6 Å². The Morgan fingerprint density at radius 1 is 0.943 bits per heavy atom. The van der Waals surface area contributed by atoms with Crippen LogP contribution in [0.15, 0.2) is 28.7 Å². The van der Waals surface area contributed by atoms with E-state index in [1.54, 1.807) is 27.3 Å². The number of amides is 2. The fourth-order valence-electron chi connectivity index (χ4n) is 3.87. The Labute approximate surface area is 210 Å². The van der Waals surface area contributed by atoms with Gasteiger partial charge in [0, 0.05) is 52.4 Å². The summed E-state index contributed by atoms with van der Waals surface area (Å²) in [6.07, 6.45) is -4.69. The fourth-order valence-corrected chi connectivity index (χ4v) is 5.57. The first-order valence-electron chi connectivity index (χ1n) is 11.2. The van der Waals surface area contributed by atoms with Gasteiger partial charge in [0.1, 0.15) is 5.69 Å². The molecule has 190 valence electrons. The molecule has 4 heterocycles. The number of rotatable bonds is 5. The molecule has 0 bridgehead atoms. The van der Waals surface area contributed by atoms with Crippen LogP contribution in [0.4, 0.5) is 13.2 Å². The number of carbonyl (C=O) groups is 2. The number of carbonyl (C=O) groups excluding carboxylic acids is 2. The molecule has 0 saturated carbocycles. The molecule has 13 heteroatoms. The lowest BCUT2D eigenvalue weighted by Crippen LogP contribution is -2.55. The number of likely N-dealkylation sites (N-methyl/N-ethyl adjacent to an activating group) is 2. The van der Waals surface area contributed by atoms with Crippen molar-refractivity contribution in [1.82, 2.24) is 29.6 Å². The molecule has 0 atom stereocenters. The maximum Gasteiger partial charge on any atom is 0.433 e. The highest BCUT2D eigenvalue weighted by Gasteiger charge is 2.39. The number of hydrogen-bond acceptors (Lipinski definition) is 8. The number of hydrogen-bond donors (Lipinski definition) is 0. The van der Waals surface area contributed by atoms with Crippen molar-refractivity contribution in [2.24, 2.45) is 0 Å². The minimum Gasteiger partial charge on any atom is -0.339 e. The van der Waals surface area contributed by atoms with E-state index in [-0.39, 0.29) is 10.9 Å². The second kappa shape index (κ2) is 10.8. The molecular formula is C22H27F3N6O2S2. The van der Waals surface area contributed by atoms with Gasteiger partial charge >= 0.3 is 6.18 Å². The molecule has 2 aromatic heterocycles. The van der Waals surface area contributed by atoms with E-state index in [1.165, 1.54) is 11.3 Å². The van der Waals surface area contributed by atoms with E-state index < -0.39 is 28.9 Å². The minimum absolute atomic E-state index is 0.114. The lowest BCUT2D eigenvalue weighted by Gasteiger charge is -2.37. The predicted octanol–water partition coefficient (Wildman–Crippen LogP) is 2.23. The van der Waals surface area contributed by atoms with Crippen molar-refractivity contribution in [3.63, 3.8) is 0 Å². The molecule has 2 amide bonds. The third-order valence-corrected chi connectivity index (χ3v) is 8.00. The van der Waals surface area contributed by atoms with Gasteiger partial charge in [-0.25, -0.2) is 9.97 Å². The zero-order valence-corrected chi connectivity index (χ0v) is 21.1. The highest BCUT2D eigenvalue weighted by atomic mass is 32.2. The van der Waals surface area contributed by atoms with Crippen LogP contribution < -0.4 is 0 Å². The first-order valence-corrected chi connectivity index (χ1v) is 13.0. The molecule has 0 aliphatic carbocycles. The molecule has 0 radical (unpaired) electrons. The maximum absolute atomic E-state index is 13.6. The highest BCUT2D eigenvalue weighted by Crippen LogP contribution is 2.34. The predicted molar refractivity (Wildman–Crippen MR) is 128 cm³/mol. The van der Waals surface area contributed by atoms with E-state index in [9.17, 15) is 22.8 Å². The van der Waals surface area contributed by atoms with Gasteiger partial charge in [-0.2, -0.15) is 13.2 Å². The van der Waals surface area contributed by atoms with E-state index in [0.717, 1.165) is 6.07 Å². The van der Waals surface area contributed by atoms with Crippen molar-refractivity contribution >= 4 is 34.9 Å². The summed E-state index contributed by atoms with van der Waals surface area (Å²) in [5.41, 5.74) is -0.987. The Morgan fingerprint density at radius 2 is 1.49 bits per heavy atom. The maximum atomic E-state index is 13.6. The van der Waals surface area contributed by atoms with Crippen molar-refractivity contribution in [1.29, 1.82) is 0 Å². The average molecular weight is 529 g/mol. The molecule has 2 aliphatic rings. The molecule has 8 nitrogen and oxygen atoms in total. The Balaban J connectivity index is 1.66. The number of thioether (sulfide) groups is 1. The van der Waals surface area contributed by atoms with Crippen molar-refractivity contribution in [3.8, 4) is 10.6 Å². The minimum atomic E-state index is -4.69. The normalized spacial score (nSPS) is 18.3. The van der Waals surface area contributed by atoms with E-state index in [4.69, 9.17) is 0 Å². The van der Waals surface area contributed by atoms with Gasteiger partial charge in [-0.3, -0.25) is 9.59 Å².